The smallest absolute Gasteiger partial charge is 0.234 e. The molecule has 1 aliphatic heterocycles. The van der Waals surface area contributed by atoms with E-state index in [2.05, 4.69) is 5.32 Å². The van der Waals surface area contributed by atoms with Crippen LogP contribution in [0.5, 0.6) is 0 Å². The second kappa shape index (κ2) is 5.64. The molecule has 1 amide bonds. The molecule has 0 bridgehead atoms. The lowest BCUT2D eigenvalue weighted by Crippen LogP contribution is -2.51. The highest BCUT2D eigenvalue weighted by Gasteiger charge is 2.31. The van der Waals surface area contributed by atoms with Gasteiger partial charge >= 0.3 is 0 Å². The maximum absolute atomic E-state index is 11.5. The molecule has 2 rings (SSSR count). The van der Waals surface area contributed by atoms with Crippen molar-refractivity contribution in [2.75, 3.05) is 13.2 Å². The number of nitrogens with two attached hydrogens (primary N) is 1. The topological polar surface area (TPSA) is 64.4 Å². The van der Waals surface area contributed by atoms with Gasteiger partial charge in [-0.3, -0.25) is 4.79 Å². The molecular formula is C12H22N2O2. The fourth-order valence-electron chi connectivity index (χ4n) is 2.79. The van der Waals surface area contributed by atoms with Gasteiger partial charge in [-0.15, -0.1) is 0 Å². The molecule has 3 N–H and O–H groups in total. The zero-order valence-electron chi connectivity index (χ0n) is 9.78. The third kappa shape index (κ3) is 2.95. The first-order chi connectivity index (χ1) is 7.77. The number of nitrogens with one attached hydrogen (secondary N) is 1. The lowest BCUT2D eigenvalue weighted by atomic mass is 9.92. The molecule has 4 heteroatoms. The largest absolute Gasteiger partial charge is 0.381 e. The molecule has 0 aromatic heterocycles. The minimum atomic E-state index is -0.221. The van der Waals surface area contributed by atoms with E-state index in [-0.39, 0.29) is 17.9 Å². The van der Waals surface area contributed by atoms with Crippen LogP contribution in [-0.4, -0.2) is 31.2 Å². The highest BCUT2D eigenvalue weighted by molar-refractivity contribution is 5.80. The minimum absolute atomic E-state index is 0.189. The van der Waals surface area contributed by atoms with Crippen molar-refractivity contribution in [3.63, 3.8) is 0 Å². The monoisotopic (exact) mass is 226 g/mol. The number of carbonyl (C=O) groups excluding carboxylic acids is 1. The number of hydrogen-bond donors (Lipinski definition) is 2. The predicted octanol–water partition coefficient (Wildman–Crippen LogP) is 0.799. The summed E-state index contributed by atoms with van der Waals surface area (Å²) in [5.74, 6) is 0.0560. The Morgan fingerprint density at radius 1 is 1.25 bits per heavy atom. The van der Waals surface area contributed by atoms with Gasteiger partial charge in [0, 0.05) is 18.6 Å². The van der Waals surface area contributed by atoms with Crippen LogP contribution >= 0.6 is 0 Å². The summed E-state index contributed by atoms with van der Waals surface area (Å²) < 4.78 is 5.33. The third-order valence-electron chi connectivity index (χ3n) is 3.76. The van der Waals surface area contributed by atoms with Crippen LogP contribution in [0.25, 0.3) is 0 Å². The van der Waals surface area contributed by atoms with Crippen molar-refractivity contribution in [3.8, 4) is 0 Å². The van der Waals surface area contributed by atoms with Gasteiger partial charge in [0.25, 0.3) is 0 Å². The van der Waals surface area contributed by atoms with E-state index in [0.717, 1.165) is 13.0 Å². The van der Waals surface area contributed by atoms with Crippen LogP contribution in [0.1, 0.15) is 38.5 Å². The van der Waals surface area contributed by atoms with Crippen molar-refractivity contribution in [1.82, 2.24) is 5.32 Å². The first kappa shape index (κ1) is 11.9. The highest BCUT2D eigenvalue weighted by atomic mass is 16.5. The molecule has 2 atom stereocenters. The standard InChI is InChI=1S/C12H22N2O2/c13-12(15)11(9-6-7-16-8-9)14-10-4-2-1-3-5-10/h9-11,14H,1-8H2,(H2,13,15). The van der Waals surface area contributed by atoms with Crippen LogP contribution < -0.4 is 11.1 Å². The summed E-state index contributed by atoms with van der Waals surface area (Å²) >= 11 is 0. The number of amides is 1. The van der Waals surface area contributed by atoms with E-state index in [1.165, 1.54) is 32.1 Å². The van der Waals surface area contributed by atoms with Gasteiger partial charge in [-0.05, 0) is 19.3 Å². The number of rotatable bonds is 4. The summed E-state index contributed by atoms with van der Waals surface area (Å²) in [4.78, 5) is 11.5. The van der Waals surface area contributed by atoms with Crippen molar-refractivity contribution in [1.29, 1.82) is 0 Å². The second-order valence-electron chi connectivity index (χ2n) is 5.01. The molecule has 0 aromatic rings. The van der Waals surface area contributed by atoms with E-state index in [9.17, 15) is 4.79 Å². The van der Waals surface area contributed by atoms with Crippen LogP contribution in [0.15, 0.2) is 0 Å². The van der Waals surface area contributed by atoms with Crippen LogP contribution in [0.3, 0.4) is 0 Å². The Morgan fingerprint density at radius 2 is 2.00 bits per heavy atom. The lowest BCUT2D eigenvalue weighted by molar-refractivity contribution is -0.121. The van der Waals surface area contributed by atoms with Crippen LogP contribution in [0.2, 0.25) is 0 Å². The van der Waals surface area contributed by atoms with E-state index in [0.29, 0.717) is 12.6 Å². The normalized spacial score (nSPS) is 29.1. The number of primary amides is 1. The average molecular weight is 226 g/mol. The Morgan fingerprint density at radius 3 is 2.56 bits per heavy atom. The molecule has 0 radical (unpaired) electrons. The molecule has 92 valence electrons. The van der Waals surface area contributed by atoms with E-state index < -0.39 is 0 Å². The van der Waals surface area contributed by atoms with Gasteiger partial charge in [-0.2, -0.15) is 0 Å². The van der Waals surface area contributed by atoms with Crippen molar-refractivity contribution in [2.24, 2.45) is 11.7 Å². The fourth-order valence-corrected chi connectivity index (χ4v) is 2.79. The average Bonchev–Trinajstić information content (AvgIpc) is 2.80. The Kier molecular flexibility index (Phi) is 4.18. The van der Waals surface area contributed by atoms with Gasteiger partial charge in [-0.25, -0.2) is 0 Å². The predicted molar refractivity (Wildman–Crippen MR) is 61.9 cm³/mol. The molecule has 2 aliphatic rings. The Labute approximate surface area is 96.9 Å². The van der Waals surface area contributed by atoms with Crippen molar-refractivity contribution in [2.45, 2.75) is 50.6 Å². The SMILES string of the molecule is NC(=O)C(NC1CCCCC1)C1CCOC1. The molecule has 0 spiro atoms. The molecule has 1 heterocycles. The third-order valence-corrected chi connectivity index (χ3v) is 3.76. The Bertz CT molecular complexity index is 233. The maximum atomic E-state index is 11.5. The minimum Gasteiger partial charge on any atom is -0.381 e. The molecule has 2 unspecified atom stereocenters. The van der Waals surface area contributed by atoms with E-state index in [1.807, 2.05) is 0 Å². The quantitative estimate of drug-likeness (QED) is 0.745. The molecule has 0 aromatic carbocycles. The first-order valence-corrected chi connectivity index (χ1v) is 6.40. The van der Waals surface area contributed by atoms with Gasteiger partial charge in [-0.1, -0.05) is 19.3 Å². The summed E-state index contributed by atoms with van der Waals surface area (Å²) in [6.45, 7) is 1.44. The molecular weight excluding hydrogens is 204 g/mol. The van der Waals surface area contributed by atoms with Gasteiger partial charge in [0.15, 0.2) is 0 Å². The zero-order chi connectivity index (χ0) is 11.4. The van der Waals surface area contributed by atoms with Crippen LogP contribution in [-0.2, 0) is 9.53 Å². The van der Waals surface area contributed by atoms with Crippen molar-refractivity contribution < 1.29 is 9.53 Å². The molecule has 16 heavy (non-hydrogen) atoms. The Hall–Kier alpha value is -0.610. The Balaban J connectivity index is 1.88. The van der Waals surface area contributed by atoms with Gasteiger partial charge in [0.2, 0.25) is 5.91 Å². The number of carbonyl (C=O) groups is 1. The molecule has 2 fully saturated rings. The van der Waals surface area contributed by atoms with Crippen molar-refractivity contribution >= 4 is 5.91 Å². The van der Waals surface area contributed by atoms with Gasteiger partial charge < -0.3 is 15.8 Å². The summed E-state index contributed by atoms with van der Waals surface area (Å²) in [6.07, 6.45) is 7.17. The summed E-state index contributed by atoms with van der Waals surface area (Å²) in [7, 11) is 0. The van der Waals surface area contributed by atoms with E-state index >= 15 is 0 Å². The number of hydrogen-bond acceptors (Lipinski definition) is 3. The number of ether oxygens (including phenoxy) is 1. The summed E-state index contributed by atoms with van der Waals surface area (Å²) in [6, 6.07) is 0.289. The molecule has 1 saturated carbocycles. The maximum Gasteiger partial charge on any atom is 0.234 e. The lowest BCUT2D eigenvalue weighted by Gasteiger charge is -2.29. The molecule has 1 saturated heterocycles. The highest BCUT2D eigenvalue weighted by Crippen LogP contribution is 2.21. The summed E-state index contributed by atoms with van der Waals surface area (Å²) in [5, 5.41) is 3.44. The summed E-state index contributed by atoms with van der Waals surface area (Å²) in [5.41, 5.74) is 5.48. The second-order valence-corrected chi connectivity index (χ2v) is 5.01. The first-order valence-electron chi connectivity index (χ1n) is 6.40. The zero-order valence-corrected chi connectivity index (χ0v) is 9.78. The van der Waals surface area contributed by atoms with Crippen LogP contribution in [0, 0.1) is 5.92 Å². The van der Waals surface area contributed by atoms with Gasteiger partial charge in [0.1, 0.15) is 0 Å². The van der Waals surface area contributed by atoms with Gasteiger partial charge in [0.05, 0.1) is 12.6 Å². The fraction of sp³-hybridized carbons (Fsp3) is 0.917. The van der Waals surface area contributed by atoms with E-state index in [4.69, 9.17) is 10.5 Å². The van der Waals surface area contributed by atoms with Crippen LogP contribution in [0.4, 0.5) is 0 Å². The van der Waals surface area contributed by atoms with Crippen molar-refractivity contribution in [3.05, 3.63) is 0 Å². The molecule has 1 aliphatic carbocycles. The van der Waals surface area contributed by atoms with E-state index in [1.54, 1.807) is 0 Å². The molecule has 4 nitrogen and oxygen atoms in total.